The molecule has 0 fully saturated rings. The van der Waals surface area contributed by atoms with Crippen molar-refractivity contribution in [3.63, 3.8) is 0 Å². The highest BCUT2D eigenvalue weighted by Gasteiger charge is 2.18. The normalized spacial score (nSPS) is 11.2. The van der Waals surface area contributed by atoms with Crippen molar-refractivity contribution < 1.29 is 13.2 Å². The Morgan fingerprint density at radius 1 is 0.846 bits per heavy atom. The summed E-state index contributed by atoms with van der Waals surface area (Å²) in [6.45, 7) is -0.115. The lowest BCUT2D eigenvalue weighted by Crippen LogP contribution is -2.07. The third kappa shape index (κ3) is 2.84. The molecule has 1 aromatic heterocycles. The Kier molecular flexibility index (Phi) is 4.17. The predicted octanol–water partition coefficient (Wildman–Crippen LogP) is 5.82. The van der Waals surface area contributed by atoms with Crippen molar-refractivity contribution in [1.29, 1.82) is 0 Å². The molecule has 0 spiro atoms. The maximum Gasteiger partial charge on any atom is 0.131 e. The molecule has 0 saturated carbocycles. The molecular formula is C20H12ClF3N2. The molecule has 3 aromatic carbocycles. The highest BCUT2D eigenvalue weighted by atomic mass is 35.5. The fourth-order valence-corrected chi connectivity index (χ4v) is 3.19. The van der Waals surface area contributed by atoms with Crippen molar-refractivity contribution >= 4 is 22.5 Å². The zero-order valence-corrected chi connectivity index (χ0v) is 14.1. The SMILES string of the molecule is Fc1ccc(-c2c3cccc(Cl)c3nn2Cc2c(F)cccc2F)cc1. The van der Waals surface area contributed by atoms with Crippen LogP contribution in [0.4, 0.5) is 13.2 Å². The fraction of sp³-hybridized carbons (Fsp3) is 0.0500. The lowest BCUT2D eigenvalue weighted by Gasteiger charge is -2.10. The van der Waals surface area contributed by atoms with Gasteiger partial charge < -0.3 is 0 Å². The summed E-state index contributed by atoms with van der Waals surface area (Å²) in [4.78, 5) is 0. The monoisotopic (exact) mass is 372 g/mol. The predicted molar refractivity (Wildman–Crippen MR) is 95.6 cm³/mol. The van der Waals surface area contributed by atoms with Gasteiger partial charge in [-0.05, 0) is 42.5 Å². The van der Waals surface area contributed by atoms with Gasteiger partial charge in [0.15, 0.2) is 0 Å². The summed E-state index contributed by atoms with van der Waals surface area (Å²) in [6, 6.07) is 14.8. The molecule has 0 aliphatic heterocycles. The molecule has 0 unspecified atom stereocenters. The molecule has 0 aliphatic carbocycles. The van der Waals surface area contributed by atoms with E-state index in [2.05, 4.69) is 5.10 Å². The van der Waals surface area contributed by atoms with Crippen LogP contribution in [0.15, 0.2) is 60.7 Å². The van der Waals surface area contributed by atoms with Crippen molar-refractivity contribution in [2.24, 2.45) is 0 Å². The van der Waals surface area contributed by atoms with Gasteiger partial charge in [0.1, 0.15) is 23.0 Å². The summed E-state index contributed by atoms with van der Waals surface area (Å²) >= 11 is 6.24. The molecule has 0 saturated heterocycles. The number of halogens is 4. The quantitative estimate of drug-likeness (QED) is 0.443. The van der Waals surface area contributed by atoms with E-state index >= 15 is 0 Å². The van der Waals surface area contributed by atoms with E-state index < -0.39 is 11.6 Å². The third-order valence-corrected chi connectivity index (χ3v) is 4.51. The first-order valence-electron chi connectivity index (χ1n) is 7.88. The fourth-order valence-electron chi connectivity index (χ4n) is 2.98. The first-order valence-corrected chi connectivity index (χ1v) is 8.26. The average molecular weight is 373 g/mol. The van der Waals surface area contributed by atoms with E-state index in [0.717, 1.165) is 5.39 Å². The zero-order chi connectivity index (χ0) is 18.3. The molecule has 26 heavy (non-hydrogen) atoms. The van der Waals surface area contributed by atoms with Gasteiger partial charge in [-0.15, -0.1) is 0 Å². The number of nitrogens with zero attached hydrogens (tertiary/aromatic N) is 2. The van der Waals surface area contributed by atoms with Crippen molar-refractivity contribution in [2.45, 2.75) is 6.54 Å². The van der Waals surface area contributed by atoms with Crippen LogP contribution >= 0.6 is 11.6 Å². The maximum absolute atomic E-state index is 14.1. The van der Waals surface area contributed by atoms with E-state index in [0.29, 0.717) is 21.8 Å². The highest BCUT2D eigenvalue weighted by molar-refractivity contribution is 6.35. The summed E-state index contributed by atoms with van der Waals surface area (Å²) in [7, 11) is 0. The molecule has 0 N–H and O–H groups in total. The first kappa shape index (κ1) is 16.7. The van der Waals surface area contributed by atoms with Crippen molar-refractivity contribution in [1.82, 2.24) is 9.78 Å². The van der Waals surface area contributed by atoms with Crippen LogP contribution in [0.2, 0.25) is 5.02 Å². The van der Waals surface area contributed by atoms with Gasteiger partial charge in [0.05, 0.1) is 17.3 Å². The van der Waals surface area contributed by atoms with Gasteiger partial charge in [0.25, 0.3) is 0 Å². The summed E-state index contributed by atoms with van der Waals surface area (Å²) in [6.07, 6.45) is 0. The molecule has 0 bridgehead atoms. The number of hydrogen-bond acceptors (Lipinski definition) is 1. The van der Waals surface area contributed by atoms with E-state index in [1.54, 1.807) is 24.3 Å². The third-order valence-electron chi connectivity index (χ3n) is 4.21. The molecule has 130 valence electrons. The Bertz CT molecular complexity index is 1080. The molecule has 0 aliphatic rings. The number of rotatable bonds is 3. The van der Waals surface area contributed by atoms with E-state index in [4.69, 9.17) is 11.6 Å². The molecule has 0 atom stereocenters. The van der Waals surface area contributed by atoms with Crippen LogP contribution in [0.5, 0.6) is 0 Å². The van der Waals surface area contributed by atoms with Crippen LogP contribution in [0, 0.1) is 17.5 Å². The minimum absolute atomic E-state index is 0.0974. The van der Waals surface area contributed by atoms with Crippen molar-refractivity contribution in [3.8, 4) is 11.3 Å². The number of benzene rings is 3. The van der Waals surface area contributed by atoms with E-state index in [1.165, 1.54) is 35.0 Å². The van der Waals surface area contributed by atoms with Gasteiger partial charge >= 0.3 is 0 Å². The van der Waals surface area contributed by atoms with E-state index in [1.807, 2.05) is 6.07 Å². The van der Waals surface area contributed by atoms with E-state index in [9.17, 15) is 13.2 Å². The van der Waals surface area contributed by atoms with Crippen LogP contribution in [0.1, 0.15) is 5.56 Å². The Morgan fingerprint density at radius 2 is 1.50 bits per heavy atom. The van der Waals surface area contributed by atoms with Crippen molar-refractivity contribution in [3.05, 3.63) is 88.7 Å². The summed E-state index contributed by atoms with van der Waals surface area (Å²) in [5, 5.41) is 5.60. The van der Waals surface area contributed by atoms with Gasteiger partial charge in [0, 0.05) is 16.5 Å². The van der Waals surface area contributed by atoms with Gasteiger partial charge in [-0.1, -0.05) is 29.8 Å². The van der Waals surface area contributed by atoms with Crippen LogP contribution in [0.25, 0.3) is 22.2 Å². The number of hydrogen-bond donors (Lipinski definition) is 0. The molecule has 1 heterocycles. The van der Waals surface area contributed by atoms with Gasteiger partial charge in [-0.25, -0.2) is 13.2 Å². The highest BCUT2D eigenvalue weighted by Crippen LogP contribution is 2.33. The summed E-state index contributed by atoms with van der Waals surface area (Å²) < 4.78 is 43.0. The minimum atomic E-state index is -0.652. The molecule has 6 heteroatoms. The minimum Gasteiger partial charge on any atom is -0.259 e. The molecule has 0 radical (unpaired) electrons. The van der Waals surface area contributed by atoms with Gasteiger partial charge in [-0.3, -0.25) is 4.68 Å². The van der Waals surface area contributed by atoms with Crippen LogP contribution in [-0.2, 0) is 6.54 Å². The van der Waals surface area contributed by atoms with Crippen LogP contribution < -0.4 is 0 Å². The number of fused-ring (bicyclic) bond motifs is 1. The Morgan fingerprint density at radius 3 is 2.19 bits per heavy atom. The van der Waals surface area contributed by atoms with Crippen molar-refractivity contribution in [2.75, 3.05) is 0 Å². The smallest absolute Gasteiger partial charge is 0.131 e. The molecular weight excluding hydrogens is 361 g/mol. The second kappa shape index (κ2) is 6.50. The molecule has 4 aromatic rings. The topological polar surface area (TPSA) is 17.8 Å². The second-order valence-electron chi connectivity index (χ2n) is 5.85. The zero-order valence-electron chi connectivity index (χ0n) is 13.4. The number of aromatic nitrogens is 2. The van der Waals surface area contributed by atoms with E-state index in [-0.39, 0.29) is 17.9 Å². The largest absolute Gasteiger partial charge is 0.259 e. The summed E-state index contributed by atoms with van der Waals surface area (Å²) in [5.74, 6) is -1.68. The lowest BCUT2D eigenvalue weighted by atomic mass is 10.1. The molecule has 4 rings (SSSR count). The molecule has 2 nitrogen and oxygen atoms in total. The Labute approximate surface area is 152 Å². The van der Waals surface area contributed by atoms with Gasteiger partial charge in [-0.2, -0.15) is 5.10 Å². The first-order chi connectivity index (χ1) is 12.5. The average Bonchev–Trinajstić information content (AvgIpc) is 2.99. The van der Waals surface area contributed by atoms with Crippen LogP contribution in [-0.4, -0.2) is 9.78 Å². The second-order valence-corrected chi connectivity index (χ2v) is 6.26. The van der Waals surface area contributed by atoms with Crippen LogP contribution in [0.3, 0.4) is 0 Å². The van der Waals surface area contributed by atoms with Gasteiger partial charge in [0.2, 0.25) is 0 Å². The maximum atomic E-state index is 14.1. The lowest BCUT2D eigenvalue weighted by molar-refractivity contribution is 0.535. The standard InChI is InChI=1S/C20H12ClF3N2/c21-16-4-1-3-14-19(16)25-26(11-15-17(23)5-2-6-18(15)24)20(14)12-7-9-13(22)10-8-12/h1-10H,11H2. The Hall–Kier alpha value is -2.79. The molecule has 0 amide bonds. The Balaban J connectivity index is 1.95. The summed E-state index contributed by atoms with van der Waals surface area (Å²) in [5.41, 5.74) is 1.71.